The lowest BCUT2D eigenvalue weighted by atomic mass is 10.1. The highest BCUT2D eigenvalue weighted by molar-refractivity contribution is 6.61. The lowest BCUT2D eigenvalue weighted by Crippen LogP contribution is -2.46. The number of aliphatic hydroxyl groups excluding tert-OH is 1. The molecule has 2 aromatic carbocycles. The summed E-state index contributed by atoms with van der Waals surface area (Å²) in [5, 5.41) is 18.1. The van der Waals surface area contributed by atoms with Crippen LogP contribution in [0, 0.1) is 0 Å². The second kappa shape index (κ2) is 32.9. The van der Waals surface area contributed by atoms with Gasteiger partial charge in [-0.25, -0.2) is 14.4 Å². The standard InChI is InChI=1S/C46H73N3O15Si2/c1-9-16-27-47-45(53)63-41-25-21-36(32-38(41)35-50)19-23-39(51)34-40(62-44(52)48-28-17-30-65(56-10-2,57-11-3)58-12-4)24-20-37-22-26-42(43(33-37)55-8)64-46(54)49-29-18-31-66(59-13-5,60-14-6)61-15-7/h19-26,32-33,40,50H,9-18,27-31,34-35H2,1-8H3,(H,47,53)(H,48,52)(H,49,54)/b23-19+,24-20+. The highest BCUT2D eigenvalue weighted by Gasteiger charge is 2.40. The van der Waals surface area contributed by atoms with E-state index in [1.54, 1.807) is 48.6 Å². The van der Waals surface area contributed by atoms with Gasteiger partial charge >= 0.3 is 35.9 Å². The molecule has 18 nitrogen and oxygen atoms in total. The fourth-order valence-corrected chi connectivity index (χ4v) is 11.7. The molecule has 66 heavy (non-hydrogen) atoms. The first kappa shape index (κ1) is 57.5. The number of rotatable bonds is 34. The maximum Gasteiger partial charge on any atom is 0.500 e. The second-order valence-corrected chi connectivity index (χ2v) is 19.8. The maximum atomic E-state index is 13.4. The van der Waals surface area contributed by atoms with E-state index in [9.17, 15) is 24.3 Å². The molecule has 2 aromatic rings. The number of unbranched alkanes of at least 4 members (excludes halogenated alkanes) is 1. The van der Waals surface area contributed by atoms with Crippen molar-refractivity contribution in [2.75, 3.05) is 66.4 Å². The highest BCUT2D eigenvalue weighted by Crippen LogP contribution is 2.29. The zero-order valence-corrected chi connectivity index (χ0v) is 42.0. The van der Waals surface area contributed by atoms with Crippen LogP contribution in [0.2, 0.25) is 12.1 Å². The first-order chi connectivity index (χ1) is 31.9. The van der Waals surface area contributed by atoms with Crippen LogP contribution in [0.3, 0.4) is 0 Å². The second-order valence-electron chi connectivity index (χ2n) is 14.3. The highest BCUT2D eigenvalue weighted by atomic mass is 28.4. The van der Waals surface area contributed by atoms with Crippen molar-refractivity contribution in [3.05, 3.63) is 65.2 Å². The van der Waals surface area contributed by atoms with Gasteiger partial charge in [0.15, 0.2) is 17.3 Å². The first-order valence-electron chi connectivity index (χ1n) is 22.9. The monoisotopic (exact) mass is 963 g/mol. The number of hydrogen-bond donors (Lipinski definition) is 4. The Labute approximate surface area is 392 Å². The van der Waals surface area contributed by atoms with Crippen LogP contribution >= 0.6 is 0 Å². The average Bonchev–Trinajstić information content (AvgIpc) is 3.29. The number of benzene rings is 2. The van der Waals surface area contributed by atoms with Crippen LogP contribution < -0.4 is 30.2 Å². The van der Waals surface area contributed by atoms with Crippen LogP contribution in [-0.4, -0.2) is 119 Å². The molecular weight excluding hydrogens is 891 g/mol. The zero-order valence-electron chi connectivity index (χ0n) is 40.0. The van der Waals surface area contributed by atoms with Crippen molar-refractivity contribution >= 4 is 53.8 Å². The number of allylic oxidation sites excluding steroid dienone is 1. The van der Waals surface area contributed by atoms with Gasteiger partial charge < -0.3 is 66.6 Å². The number of alkyl carbamates (subject to hydrolysis) is 1. The number of methoxy groups -OCH3 is 1. The summed E-state index contributed by atoms with van der Waals surface area (Å²) in [4.78, 5) is 51.4. The molecule has 4 N–H and O–H groups in total. The number of carbonyl (C=O) groups is 4. The summed E-state index contributed by atoms with van der Waals surface area (Å²) in [6.45, 7) is 16.5. The zero-order chi connectivity index (χ0) is 48.6. The number of aliphatic hydroxyl groups is 1. The Bertz CT molecular complexity index is 1780. The van der Waals surface area contributed by atoms with E-state index >= 15 is 0 Å². The molecule has 0 saturated heterocycles. The molecule has 0 saturated carbocycles. The number of ether oxygens (including phenoxy) is 4. The summed E-state index contributed by atoms with van der Waals surface area (Å²) in [7, 11) is -4.34. The third kappa shape index (κ3) is 21.8. The minimum atomic E-state index is -2.92. The van der Waals surface area contributed by atoms with Crippen molar-refractivity contribution in [1.82, 2.24) is 16.0 Å². The van der Waals surface area contributed by atoms with E-state index in [1.165, 1.54) is 19.3 Å². The molecule has 1 atom stereocenters. The van der Waals surface area contributed by atoms with Gasteiger partial charge in [0.2, 0.25) is 0 Å². The molecule has 0 aliphatic heterocycles. The largest absolute Gasteiger partial charge is 0.500 e. The van der Waals surface area contributed by atoms with E-state index in [-0.39, 0.29) is 36.0 Å². The Morgan fingerprint density at radius 3 is 1.56 bits per heavy atom. The van der Waals surface area contributed by atoms with Gasteiger partial charge in [0.05, 0.1) is 20.1 Å². The van der Waals surface area contributed by atoms with Crippen LogP contribution in [0.25, 0.3) is 12.2 Å². The van der Waals surface area contributed by atoms with E-state index in [2.05, 4.69) is 16.0 Å². The van der Waals surface area contributed by atoms with E-state index in [4.69, 9.17) is 45.5 Å². The molecule has 0 radical (unpaired) electrons. The molecule has 2 rings (SSSR count). The van der Waals surface area contributed by atoms with Crippen molar-refractivity contribution in [2.45, 2.75) is 105 Å². The van der Waals surface area contributed by atoms with Gasteiger partial charge in [0.1, 0.15) is 11.9 Å². The lowest BCUT2D eigenvalue weighted by molar-refractivity contribution is -0.115. The number of ketones is 1. The summed E-state index contributed by atoms with van der Waals surface area (Å²) < 4.78 is 57.6. The van der Waals surface area contributed by atoms with Crippen LogP contribution in [0.15, 0.2) is 48.6 Å². The topological polar surface area (TPSA) is 217 Å². The molecule has 0 fully saturated rings. The van der Waals surface area contributed by atoms with Crippen molar-refractivity contribution < 1.29 is 69.8 Å². The van der Waals surface area contributed by atoms with Gasteiger partial charge in [0.25, 0.3) is 0 Å². The third-order valence-electron chi connectivity index (χ3n) is 9.32. The van der Waals surface area contributed by atoms with E-state index in [0.29, 0.717) is 94.4 Å². The molecule has 0 aliphatic rings. The Morgan fingerprint density at radius 2 is 1.08 bits per heavy atom. The smallest absolute Gasteiger partial charge is 0.493 e. The normalized spacial score (nSPS) is 12.3. The minimum Gasteiger partial charge on any atom is -0.493 e. The van der Waals surface area contributed by atoms with Crippen molar-refractivity contribution in [3.63, 3.8) is 0 Å². The predicted octanol–water partition coefficient (Wildman–Crippen LogP) is 7.82. The maximum absolute atomic E-state index is 13.4. The molecule has 20 heteroatoms. The first-order valence-corrected chi connectivity index (χ1v) is 26.7. The number of nitrogens with one attached hydrogen (secondary N) is 3. The Kier molecular flexibility index (Phi) is 28.7. The molecule has 3 amide bonds. The Morgan fingerprint density at radius 1 is 0.606 bits per heavy atom. The molecule has 0 heterocycles. The average molecular weight is 964 g/mol. The van der Waals surface area contributed by atoms with Crippen LogP contribution in [-0.2, 0) is 42.7 Å². The summed E-state index contributed by atoms with van der Waals surface area (Å²) >= 11 is 0. The lowest BCUT2D eigenvalue weighted by Gasteiger charge is -2.28. The molecule has 0 aromatic heterocycles. The van der Waals surface area contributed by atoms with Crippen LogP contribution in [0.5, 0.6) is 17.2 Å². The van der Waals surface area contributed by atoms with E-state index in [1.807, 2.05) is 48.5 Å². The molecule has 0 bridgehead atoms. The van der Waals surface area contributed by atoms with Gasteiger partial charge in [-0.2, -0.15) is 0 Å². The van der Waals surface area contributed by atoms with Crippen molar-refractivity contribution in [1.29, 1.82) is 0 Å². The Hall–Kier alpha value is -4.65. The molecular formula is C46H73N3O15Si2. The Balaban J connectivity index is 2.22. The van der Waals surface area contributed by atoms with Gasteiger partial charge in [-0.3, -0.25) is 4.79 Å². The fourth-order valence-electron chi connectivity index (χ4n) is 6.43. The van der Waals surface area contributed by atoms with Gasteiger partial charge in [-0.05, 0) is 108 Å². The van der Waals surface area contributed by atoms with E-state index < -0.39 is 48.6 Å². The fraction of sp³-hybridized carbons (Fsp3) is 0.565. The van der Waals surface area contributed by atoms with Crippen molar-refractivity contribution in [3.8, 4) is 17.2 Å². The van der Waals surface area contributed by atoms with Gasteiger partial charge in [-0.1, -0.05) is 37.6 Å². The SMILES string of the molecule is CCCCNC(=O)Oc1ccc(/C=C/C(=O)CC(/C=C/c2ccc(OC(=O)NCCC[Si](OCC)(OCC)OCC)c(OC)c2)OC(=O)NCCC[Si](OCC)(OCC)OCC)cc1CO. The van der Waals surface area contributed by atoms with E-state index in [0.717, 1.165) is 12.8 Å². The molecule has 370 valence electrons. The van der Waals surface area contributed by atoms with Gasteiger partial charge in [0, 0.05) is 76.9 Å². The van der Waals surface area contributed by atoms with Crippen molar-refractivity contribution in [2.24, 2.45) is 0 Å². The molecule has 0 aliphatic carbocycles. The predicted molar refractivity (Wildman–Crippen MR) is 254 cm³/mol. The minimum absolute atomic E-state index is 0.172. The summed E-state index contributed by atoms with van der Waals surface area (Å²) in [5.74, 6) is 0.261. The summed E-state index contributed by atoms with van der Waals surface area (Å²) in [6, 6.07) is 10.7. The summed E-state index contributed by atoms with van der Waals surface area (Å²) in [6.07, 6.45) is 5.60. The number of hydrogen-bond acceptors (Lipinski definition) is 15. The number of carbonyl (C=O) groups excluding carboxylic acids is 4. The summed E-state index contributed by atoms with van der Waals surface area (Å²) in [5.41, 5.74) is 1.52. The number of amides is 3. The van der Waals surface area contributed by atoms with Crippen LogP contribution in [0.1, 0.15) is 97.3 Å². The third-order valence-corrected chi connectivity index (χ3v) is 15.6. The van der Waals surface area contributed by atoms with Crippen LogP contribution in [0.4, 0.5) is 14.4 Å². The quantitative estimate of drug-likeness (QED) is 0.0299. The molecule has 1 unspecified atom stereocenters. The molecule has 0 spiro atoms. The van der Waals surface area contributed by atoms with Gasteiger partial charge in [-0.15, -0.1) is 0 Å².